The van der Waals surface area contributed by atoms with E-state index >= 15 is 0 Å². The van der Waals surface area contributed by atoms with Crippen molar-refractivity contribution in [2.24, 2.45) is 11.8 Å². The van der Waals surface area contributed by atoms with E-state index in [1.807, 2.05) is 13.8 Å². The van der Waals surface area contributed by atoms with Gasteiger partial charge in [0.05, 0.1) is 10.8 Å². The number of hydrogen-bond donors (Lipinski definition) is 2. The molecule has 1 aromatic rings. The van der Waals surface area contributed by atoms with Crippen LogP contribution in [0.5, 0.6) is 0 Å². The highest BCUT2D eigenvalue weighted by Crippen LogP contribution is 2.27. The van der Waals surface area contributed by atoms with Crippen molar-refractivity contribution in [2.45, 2.75) is 20.3 Å². The topological polar surface area (TPSA) is 92.5 Å². The molecule has 0 aliphatic heterocycles. The molecule has 7 heteroatoms. The number of nitro benzene ring substituents is 1. The Morgan fingerprint density at radius 2 is 2.15 bits per heavy atom. The van der Waals surface area contributed by atoms with E-state index in [4.69, 9.17) is 5.11 Å². The van der Waals surface area contributed by atoms with Crippen LogP contribution in [0.4, 0.5) is 11.4 Å². The van der Waals surface area contributed by atoms with E-state index in [1.165, 1.54) is 12.1 Å². The Balaban J connectivity index is 2.73. The number of non-ortho nitro benzene ring substituents is 1. The second kappa shape index (κ2) is 7.23. The van der Waals surface area contributed by atoms with Crippen molar-refractivity contribution in [2.75, 3.05) is 11.9 Å². The SMILES string of the molecule is CC(C)CC(CNc1ccc([N+](=O)[O-])cc1Br)C(=O)O. The van der Waals surface area contributed by atoms with Gasteiger partial charge in [0.25, 0.3) is 5.69 Å². The minimum atomic E-state index is -0.843. The molecule has 0 spiro atoms. The van der Waals surface area contributed by atoms with Crippen molar-refractivity contribution < 1.29 is 14.8 Å². The molecule has 0 fully saturated rings. The maximum atomic E-state index is 11.1. The summed E-state index contributed by atoms with van der Waals surface area (Å²) in [5.74, 6) is -1.04. The Kier molecular flexibility index (Phi) is 5.94. The van der Waals surface area contributed by atoms with Gasteiger partial charge in [-0.25, -0.2) is 0 Å². The lowest BCUT2D eigenvalue weighted by molar-refractivity contribution is -0.384. The number of carboxylic acid groups (broad SMARTS) is 1. The molecule has 0 saturated heterocycles. The molecule has 0 aliphatic rings. The summed E-state index contributed by atoms with van der Waals surface area (Å²) in [4.78, 5) is 21.3. The molecule has 20 heavy (non-hydrogen) atoms. The van der Waals surface area contributed by atoms with Crippen molar-refractivity contribution in [1.82, 2.24) is 0 Å². The van der Waals surface area contributed by atoms with Crippen molar-refractivity contribution in [3.05, 3.63) is 32.8 Å². The van der Waals surface area contributed by atoms with E-state index in [0.717, 1.165) is 0 Å². The van der Waals surface area contributed by atoms with Gasteiger partial charge in [-0.05, 0) is 34.3 Å². The molecule has 1 atom stereocenters. The molecule has 0 heterocycles. The number of anilines is 1. The third-order valence-electron chi connectivity index (χ3n) is 2.81. The van der Waals surface area contributed by atoms with Crippen LogP contribution in [0.2, 0.25) is 0 Å². The zero-order valence-corrected chi connectivity index (χ0v) is 12.9. The van der Waals surface area contributed by atoms with Crippen molar-refractivity contribution >= 4 is 33.3 Å². The zero-order chi connectivity index (χ0) is 15.3. The second-order valence-corrected chi connectivity index (χ2v) is 5.82. The van der Waals surface area contributed by atoms with E-state index < -0.39 is 16.8 Å². The summed E-state index contributed by atoms with van der Waals surface area (Å²) >= 11 is 3.24. The van der Waals surface area contributed by atoms with Crippen LogP contribution in [-0.2, 0) is 4.79 Å². The van der Waals surface area contributed by atoms with Gasteiger partial charge >= 0.3 is 5.97 Å². The minimum Gasteiger partial charge on any atom is -0.481 e. The van der Waals surface area contributed by atoms with Gasteiger partial charge in [0, 0.05) is 28.8 Å². The predicted octanol–water partition coefficient (Wildman–Crippen LogP) is 3.52. The third kappa shape index (κ3) is 4.80. The number of aliphatic carboxylic acids is 1. The fourth-order valence-corrected chi connectivity index (χ4v) is 2.34. The molecular formula is C13H17BrN2O4. The summed E-state index contributed by atoms with van der Waals surface area (Å²) < 4.78 is 0.542. The van der Waals surface area contributed by atoms with Gasteiger partial charge in [0.2, 0.25) is 0 Å². The Morgan fingerprint density at radius 3 is 2.60 bits per heavy atom. The number of carboxylic acids is 1. The van der Waals surface area contributed by atoms with E-state index in [9.17, 15) is 14.9 Å². The number of carbonyl (C=O) groups is 1. The number of halogens is 1. The van der Waals surface area contributed by atoms with Gasteiger partial charge in [-0.1, -0.05) is 13.8 Å². The molecule has 0 aliphatic carbocycles. The molecule has 1 rings (SSSR count). The second-order valence-electron chi connectivity index (χ2n) is 4.97. The summed E-state index contributed by atoms with van der Waals surface area (Å²) in [6.07, 6.45) is 0.576. The highest BCUT2D eigenvalue weighted by molar-refractivity contribution is 9.10. The highest BCUT2D eigenvalue weighted by Gasteiger charge is 2.19. The molecule has 0 saturated carbocycles. The van der Waals surface area contributed by atoms with Crippen LogP contribution < -0.4 is 5.32 Å². The van der Waals surface area contributed by atoms with Crippen molar-refractivity contribution in [3.8, 4) is 0 Å². The zero-order valence-electron chi connectivity index (χ0n) is 11.3. The van der Waals surface area contributed by atoms with Crippen LogP contribution in [0.1, 0.15) is 20.3 Å². The number of nitrogens with zero attached hydrogens (tertiary/aromatic N) is 1. The first-order valence-electron chi connectivity index (χ1n) is 6.22. The molecule has 6 nitrogen and oxygen atoms in total. The molecule has 0 amide bonds. The van der Waals surface area contributed by atoms with E-state index in [1.54, 1.807) is 6.07 Å². The van der Waals surface area contributed by atoms with Gasteiger partial charge < -0.3 is 10.4 Å². The van der Waals surface area contributed by atoms with Crippen LogP contribution in [-0.4, -0.2) is 22.5 Å². The maximum Gasteiger partial charge on any atom is 0.308 e. The minimum absolute atomic E-state index is 0.0145. The van der Waals surface area contributed by atoms with Crippen LogP contribution in [0.25, 0.3) is 0 Å². The molecule has 1 aromatic carbocycles. The molecule has 110 valence electrons. The number of nitrogens with one attached hydrogen (secondary N) is 1. The van der Waals surface area contributed by atoms with Crippen LogP contribution >= 0.6 is 15.9 Å². The average molecular weight is 345 g/mol. The number of hydrogen-bond acceptors (Lipinski definition) is 4. The first kappa shape index (κ1) is 16.4. The lowest BCUT2D eigenvalue weighted by Gasteiger charge is -2.16. The molecular weight excluding hydrogens is 328 g/mol. The molecule has 0 radical (unpaired) electrons. The number of benzene rings is 1. The molecule has 0 bridgehead atoms. The highest BCUT2D eigenvalue weighted by atomic mass is 79.9. The largest absolute Gasteiger partial charge is 0.481 e. The van der Waals surface area contributed by atoms with Gasteiger partial charge in [-0.15, -0.1) is 0 Å². The van der Waals surface area contributed by atoms with E-state index in [-0.39, 0.29) is 12.2 Å². The smallest absolute Gasteiger partial charge is 0.308 e. The third-order valence-corrected chi connectivity index (χ3v) is 3.46. The van der Waals surface area contributed by atoms with Gasteiger partial charge in [-0.3, -0.25) is 14.9 Å². The van der Waals surface area contributed by atoms with E-state index in [2.05, 4.69) is 21.2 Å². The van der Waals surface area contributed by atoms with Crippen LogP contribution in [0, 0.1) is 22.0 Å². The summed E-state index contributed by atoms with van der Waals surface area (Å²) in [5.41, 5.74) is 0.630. The average Bonchev–Trinajstić information content (AvgIpc) is 2.34. The number of nitro groups is 1. The fraction of sp³-hybridized carbons (Fsp3) is 0.462. The van der Waals surface area contributed by atoms with Crippen LogP contribution in [0.3, 0.4) is 0 Å². The summed E-state index contributed by atoms with van der Waals surface area (Å²) in [6.45, 7) is 4.22. The van der Waals surface area contributed by atoms with E-state index in [0.29, 0.717) is 22.5 Å². The lowest BCUT2D eigenvalue weighted by atomic mass is 9.97. The first-order chi connectivity index (χ1) is 9.31. The molecule has 0 aromatic heterocycles. The van der Waals surface area contributed by atoms with Gasteiger partial charge in [0.15, 0.2) is 0 Å². The Bertz CT molecular complexity index is 505. The summed E-state index contributed by atoms with van der Waals surface area (Å²) in [5, 5.41) is 22.8. The van der Waals surface area contributed by atoms with Crippen molar-refractivity contribution in [3.63, 3.8) is 0 Å². The first-order valence-corrected chi connectivity index (χ1v) is 7.01. The monoisotopic (exact) mass is 344 g/mol. The Labute approximate surface area is 125 Å². The summed E-state index contributed by atoms with van der Waals surface area (Å²) in [6, 6.07) is 4.34. The Hall–Kier alpha value is -1.63. The molecule has 2 N–H and O–H groups in total. The normalized spacial score (nSPS) is 12.2. The van der Waals surface area contributed by atoms with Gasteiger partial charge in [0.1, 0.15) is 0 Å². The standard InChI is InChI=1S/C13H17BrN2O4/c1-8(2)5-9(13(17)18)7-15-12-4-3-10(16(19)20)6-11(12)14/h3-4,6,8-9,15H,5,7H2,1-2H3,(H,17,18). The Morgan fingerprint density at radius 1 is 1.50 bits per heavy atom. The van der Waals surface area contributed by atoms with Crippen molar-refractivity contribution in [1.29, 1.82) is 0 Å². The van der Waals surface area contributed by atoms with Crippen LogP contribution in [0.15, 0.2) is 22.7 Å². The van der Waals surface area contributed by atoms with Gasteiger partial charge in [-0.2, -0.15) is 0 Å². The lowest BCUT2D eigenvalue weighted by Crippen LogP contribution is -2.24. The number of rotatable bonds is 7. The fourth-order valence-electron chi connectivity index (χ4n) is 1.83. The quantitative estimate of drug-likeness (QED) is 0.583. The maximum absolute atomic E-state index is 11.1. The molecule has 1 unspecified atom stereocenters. The summed E-state index contributed by atoms with van der Waals surface area (Å²) in [7, 11) is 0. The predicted molar refractivity (Wildman–Crippen MR) is 79.9 cm³/mol.